The van der Waals surface area contributed by atoms with Crippen LogP contribution in [0.5, 0.6) is 5.75 Å². The largest absolute Gasteiger partial charge is 0.549 e. The van der Waals surface area contributed by atoms with Gasteiger partial charge in [0.05, 0.1) is 35.9 Å². The van der Waals surface area contributed by atoms with Gasteiger partial charge in [0.1, 0.15) is 5.75 Å². The Morgan fingerprint density at radius 1 is 1.41 bits per heavy atom. The first-order valence-electron chi connectivity index (χ1n) is 8.08. The summed E-state index contributed by atoms with van der Waals surface area (Å²) in [6.07, 6.45) is 0.175. The van der Waals surface area contributed by atoms with Crippen LogP contribution < -0.4 is 15.3 Å². The van der Waals surface area contributed by atoms with Gasteiger partial charge in [0, 0.05) is 22.4 Å². The summed E-state index contributed by atoms with van der Waals surface area (Å²) in [5.74, 6) is -0.301. The van der Waals surface area contributed by atoms with Crippen molar-refractivity contribution in [2.24, 2.45) is 5.10 Å². The van der Waals surface area contributed by atoms with Gasteiger partial charge in [-0.2, -0.15) is 16.9 Å². The molecule has 0 bridgehead atoms. The number of carbonyl (C=O) groups is 2. The highest BCUT2D eigenvalue weighted by atomic mass is 32.2. The zero-order chi connectivity index (χ0) is 19.8. The van der Waals surface area contributed by atoms with Gasteiger partial charge in [0.25, 0.3) is 0 Å². The van der Waals surface area contributed by atoms with Gasteiger partial charge < -0.3 is 14.6 Å². The van der Waals surface area contributed by atoms with Crippen molar-refractivity contribution in [3.8, 4) is 5.75 Å². The molecule has 1 N–H and O–H groups in total. The Balaban J connectivity index is 2.03. The molecule has 0 spiro atoms. The van der Waals surface area contributed by atoms with Crippen LogP contribution in [0.1, 0.15) is 28.8 Å². The maximum Gasteiger partial charge on any atom is 0.246 e. The van der Waals surface area contributed by atoms with Crippen LogP contribution in [0, 0.1) is 6.92 Å². The number of thioether (sulfide) groups is 1. The van der Waals surface area contributed by atoms with Gasteiger partial charge in [-0.1, -0.05) is 0 Å². The van der Waals surface area contributed by atoms with Gasteiger partial charge in [0.15, 0.2) is 0 Å². The van der Waals surface area contributed by atoms with E-state index >= 15 is 0 Å². The molecule has 2 aromatic rings. The number of aromatic nitrogens is 1. The molecule has 0 saturated heterocycles. The Morgan fingerprint density at radius 3 is 2.81 bits per heavy atom. The second-order valence-electron chi connectivity index (χ2n) is 5.66. The highest BCUT2D eigenvalue weighted by Crippen LogP contribution is 2.24. The highest BCUT2D eigenvalue weighted by molar-refractivity contribution is 7.99. The fraction of sp³-hybridized carbons (Fsp3) is 0.333. The molecule has 0 atom stereocenters. The van der Waals surface area contributed by atoms with Crippen molar-refractivity contribution in [3.05, 3.63) is 45.4 Å². The Bertz CT molecular complexity index is 849. The topological polar surface area (TPSA) is 104 Å². The van der Waals surface area contributed by atoms with E-state index in [1.165, 1.54) is 23.1 Å². The SMILES string of the molecule is COc1ccc(/C(C)=N\NC(=O)Cc2csc(C)n2)cc1CSCC(=O)[O-]. The number of aliphatic carboxylic acids is 1. The first-order chi connectivity index (χ1) is 12.9. The van der Waals surface area contributed by atoms with Crippen LogP contribution in [-0.4, -0.2) is 35.4 Å². The quantitative estimate of drug-likeness (QED) is 0.500. The summed E-state index contributed by atoms with van der Waals surface area (Å²) in [6.45, 7) is 3.67. The van der Waals surface area contributed by atoms with E-state index in [9.17, 15) is 14.7 Å². The maximum absolute atomic E-state index is 12.0. The number of rotatable bonds is 9. The molecular weight excluding hydrogens is 386 g/mol. The van der Waals surface area contributed by atoms with Crippen molar-refractivity contribution in [1.29, 1.82) is 0 Å². The lowest BCUT2D eigenvalue weighted by Gasteiger charge is -2.11. The lowest BCUT2D eigenvalue weighted by atomic mass is 10.1. The number of nitrogens with zero attached hydrogens (tertiary/aromatic N) is 2. The van der Waals surface area contributed by atoms with E-state index in [1.807, 2.05) is 24.4 Å². The second-order valence-corrected chi connectivity index (χ2v) is 7.71. The summed E-state index contributed by atoms with van der Waals surface area (Å²) in [5, 5.41) is 17.5. The smallest absolute Gasteiger partial charge is 0.246 e. The summed E-state index contributed by atoms with van der Waals surface area (Å²) in [4.78, 5) is 26.8. The lowest BCUT2D eigenvalue weighted by Crippen LogP contribution is -2.24. The van der Waals surface area contributed by atoms with Crippen LogP contribution >= 0.6 is 23.1 Å². The molecular formula is C18H20N3O4S2-. The molecule has 27 heavy (non-hydrogen) atoms. The predicted octanol–water partition coefficient (Wildman–Crippen LogP) is 1.53. The highest BCUT2D eigenvalue weighted by Gasteiger charge is 2.09. The standard InChI is InChI=1S/C18H21N3O4S2/c1-11(20-21-17(22)7-15-9-27-12(2)19-15)13-4-5-16(25-3)14(6-13)8-26-10-18(23)24/h4-6,9H,7-8,10H2,1-3H3,(H,21,22)(H,23,24)/p-1/b20-11-. The number of nitrogens with one attached hydrogen (secondary N) is 1. The fourth-order valence-corrected chi connectivity index (χ4v) is 3.59. The van der Waals surface area contributed by atoms with E-state index in [1.54, 1.807) is 20.1 Å². The summed E-state index contributed by atoms with van der Waals surface area (Å²) in [7, 11) is 1.56. The number of hydrazone groups is 1. The first-order valence-corrected chi connectivity index (χ1v) is 10.1. The molecule has 2 rings (SSSR count). The minimum absolute atomic E-state index is 0.0907. The van der Waals surface area contributed by atoms with Gasteiger partial charge in [-0.15, -0.1) is 11.3 Å². The number of hydrogen-bond acceptors (Lipinski definition) is 8. The van der Waals surface area contributed by atoms with Crippen molar-refractivity contribution < 1.29 is 19.4 Å². The van der Waals surface area contributed by atoms with Gasteiger partial charge in [0.2, 0.25) is 5.91 Å². The molecule has 0 aliphatic rings. The number of benzene rings is 1. The molecule has 1 heterocycles. The minimum atomic E-state index is -1.11. The number of ether oxygens (including phenoxy) is 1. The number of hydrogen-bond donors (Lipinski definition) is 1. The molecule has 0 radical (unpaired) electrons. The Kier molecular flexibility index (Phi) is 7.81. The average molecular weight is 407 g/mol. The van der Waals surface area contributed by atoms with Gasteiger partial charge in [-0.3, -0.25) is 4.79 Å². The van der Waals surface area contributed by atoms with Gasteiger partial charge in [-0.25, -0.2) is 10.4 Å². The molecule has 0 fully saturated rings. The summed E-state index contributed by atoms with van der Waals surface area (Å²) in [5.41, 5.74) is 5.55. The molecule has 0 aliphatic carbocycles. The number of methoxy groups -OCH3 is 1. The molecule has 0 unspecified atom stereocenters. The van der Waals surface area contributed by atoms with Crippen LogP contribution in [0.2, 0.25) is 0 Å². The molecule has 1 aromatic carbocycles. The summed E-state index contributed by atoms with van der Waals surface area (Å²) < 4.78 is 5.31. The van der Waals surface area contributed by atoms with Crippen molar-refractivity contribution in [3.63, 3.8) is 0 Å². The summed E-state index contributed by atoms with van der Waals surface area (Å²) >= 11 is 2.73. The number of thiazole rings is 1. The monoisotopic (exact) mass is 406 g/mol. The molecule has 0 saturated carbocycles. The van der Waals surface area contributed by atoms with Crippen molar-refractivity contribution in [1.82, 2.24) is 10.4 Å². The number of carboxylic acid groups (broad SMARTS) is 1. The second kappa shape index (κ2) is 10.1. The third-order valence-corrected chi connectivity index (χ3v) is 5.31. The Labute approximate surface area is 165 Å². The average Bonchev–Trinajstić information content (AvgIpc) is 3.04. The van der Waals surface area contributed by atoms with Crippen molar-refractivity contribution >= 4 is 40.7 Å². The lowest BCUT2D eigenvalue weighted by molar-refractivity contribution is -0.301. The third-order valence-electron chi connectivity index (χ3n) is 3.53. The van der Waals surface area contributed by atoms with E-state index in [2.05, 4.69) is 15.5 Å². The Morgan fingerprint density at radius 2 is 2.19 bits per heavy atom. The molecule has 0 aliphatic heterocycles. The van der Waals surface area contributed by atoms with Crippen molar-refractivity contribution in [2.45, 2.75) is 26.0 Å². The number of carbonyl (C=O) groups excluding carboxylic acids is 2. The zero-order valence-electron chi connectivity index (χ0n) is 15.3. The molecule has 7 nitrogen and oxygen atoms in total. The van der Waals surface area contributed by atoms with Gasteiger partial charge >= 0.3 is 0 Å². The van der Waals surface area contributed by atoms with E-state index in [0.29, 0.717) is 17.2 Å². The van der Waals surface area contributed by atoms with Crippen LogP contribution in [0.25, 0.3) is 0 Å². The summed E-state index contributed by atoms with van der Waals surface area (Å²) in [6, 6.07) is 5.50. The van der Waals surface area contributed by atoms with Crippen molar-refractivity contribution in [2.75, 3.05) is 12.9 Å². The van der Waals surface area contributed by atoms with Crippen LogP contribution in [0.15, 0.2) is 28.7 Å². The minimum Gasteiger partial charge on any atom is -0.549 e. The third kappa shape index (κ3) is 6.69. The van der Waals surface area contributed by atoms with E-state index < -0.39 is 5.97 Å². The number of amides is 1. The Hall–Kier alpha value is -2.39. The van der Waals surface area contributed by atoms with Crippen LogP contribution in [0.3, 0.4) is 0 Å². The van der Waals surface area contributed by atoms with Gasteiger partial charge in [-0.05, 0) is 37.6 Å². The zero-order valence-corrected chi connectivity index (χ0v) is 16.9. The fourth-order valence-electron chi connectivity index (χ4n) is 2.26. The first kappa shape index (κ1) is 20.9. The normalized spacial score (nSPS) is 11.3. The molecule has 9 heteroatoms. The molecule has 144 valence electrons. The van der Waals surface area contributed by atoms with E-state index in [4.69, 9.17) is 4.74 Å². The predicted molar refractivity (Wildman–Crippen MR) is 105 cm³/mol. The van der Waals surface area contributed by atoms with Crippen LogP contribution in [-0.2, 0) is 21.8 Å². The molecule has 1 amide bonds. The van der Waals surface area contributed by atoms with E-state index in [0.717, 1.165) is 21.8 Å². The number of aryl methyl sites for hydroxylation is 1. The molecule has 1 aromatic heterocycles. The van der Waals surface area contributed by atoms with Crippen LogP contribution in [0.4, 0.5) is 0 Å². The van der Waals surface area contributed by atoms with E-state index in [-0.39, 0.29) is 18.1 Å². The number of carboxylic acids is 1. The maximum atomic E-state index is 12.0.